The lowest BCUT2D eigenvalue weighted by molar-refractivity contribution is 0.313. The molecule has 2 saturated carbocycles. The van der Waals surface area contributed by atoms with Crippen molar-refractivity contribution in [3.63, 3.8) is 0 Å². The van der Waals surface area contributed by atoms with Gasteiger partial charge in [-0.1, -0.05) is 5.16 Å². The third-order valence-electron chi connectivity index (χ3n) is 2.64. The summed E-state index contributed by atoms with van der Waals surface area (Å²) in [7, 11) is 0. The van der Waals surface area contributed by atoms with Crippen molar-refractivity contribution >= 4 is 5.71 Å². The zero-order valence-corrected chi connectivity index (χ0v) is 5.38. The van der Waals surface area contributed by atoms with Crippen molar-refractivity contribution in [3.05, 3.63) is 0 Å². The molecule has 1 N–H and O–H groups in total. The summed E-state index contributed by atoms with van der Waals surface area (Å²) in [5, 5.41) is 11.8. The summed E-state index contributed by atoms with van der Waals surface area (Å²) in [6, 6.07) is 0. The largest absolute Gasteiger partial charge is 0.411 e. The van der Waals surface area contributed by atoms with Crippen LogP contribution >= 0.6 is 0 Å². The number of hydrogen-bond acceptors (Lipinski definition) is 2. The van der Waals surface area contributed by atoms with Crippen molar-refractivity contribution in [1.82, 2.24) is 0 Å². The van der Waals surface area contributed by atoms with Gasteiger partial charge in [0.1, 0.15) is 0 Å². The Kier molecular flexibility index (Phi) is 1.01. The fourth-order valence-electron chi connectivity index (χ4n) is 2.15. The van der Waals surface area contributed by atoms with Crippen molar-refractivity contribution in [2.75, 3.05) is 0 Å². The van der Waals surface area contributed by atoms with E-state index in [0.717, 1.165) is 18.1 Å². The minimum atomic E-state index is 0.653. The van der Waals surface area contributed by atoms with Crippen LogP contribution in [-0.4, -0.2) is 10.9 Å². The lowest BCUT2D eigenvalue weighted by Gasteiger charge is -2.08. The number of rotatable bonds is 0. The topological polar surface area (TPSA) is 32.6 Å². The highest BCUT2D eigenvalue weighted by Crippen LogP contribution is 2.42. The van der Waals surface area contributed by atoms with Crippen molar-refractivity contribution in [1.29, 1.82) is 0 Å². The first-order valence-corrected chi connectivity index (χ1v) is 3.61. The minimum Gasteiger partial charge on any atom is -0.411 e. The third kappa shape index (κ3) is 0.655. The van der Waals surface area contributed by atoms with Crippen LogP contribution in [0.25, 0.3) is 0 Å². The molecule has 0 radical (unpaired) electrons. The molecule has 50 valence electrons. The Bertz CT molecular complexity index is 153. The molecule has 0 amide bonds. The van der Waals surface area contributed by atoms with E-state index in [1.165, 1.54) is 19.3 Å². The van der Waals surface area contributed by atoms with Crippen LogP contribution in [0.4, 0.5) is 0 Å². The van der Waals surface area contributed by atoms with Crippen molar-refractivity contribution in [3.8, 4) is 0 Å². The van der Waals surface area contributed by atoms with E-state index in [-0.39, 0.29) is 0 Å². The van der Waals surface area contributed by atoms with Crippen LogP contribution in [0.5, 0.6) is 0 Å². The Labute approximate surface area is 54.6 Å². The van der Waals surface area contributed by atoms with Crippen LogP contribution in [0.3, 0.4) is 0 Å². The van der Waals surface area contributed by atoms with Gasteiger partial charge in [-0.3, -0.25) is 0 Å². The van der Waals surface area contributed by atoms with Gasteiger partial charge in [0.15, 0.2) is 0 Å². The molecule has 9 heavy (non-hydrogen) atoms. The monoisotopic (exact) mass is 125 g/mol. The molecule has 0 saturated heterocycles. The molecular formula is C7H11NO. The molecule has 2 fully saturated rings. The molecule has 2 aliphatic rings. The van der Waals surface area contributed by atoms with E-state index in [1.54, 1.807) is 0 Å². The van der Waals surface area contributed by atoms with Crippen molar-refractivity contribution in [2.24, 2.45) is 17.0 Å². The van der Waals surface area contributed by atoms with Crippen LogP contribution in [0.1, 0.15) is 25.7 Å². The molecule has 2 nitrogen and oxygen atoms in total. The molecular weight excluding hydrogens is 114 g/mol. The van der Waals surface area contributed by atoms with Gasteiger partial charge in [0.25, 0.3) is 0 Å². The molecule has 0 aromatic rings. The van der Waals surface area contributed by atoms with E-state index in [4.69, 9.17) is 5.21 Å². The Hall–Kier alpha value is -0.530. The fraction of sp³-hybridized carbons (Fsp3) is 0.857. The quantitative estimate of drug-likeness (QED) is 0.387. The molecule has 0 spiro atoms. The van der Waals surface area contributed by atoms with Gasteiger partial charge in [0.05, 0.1) is 5.71 Å². The Morgan fingerprint density at radius 1 is 1.44 bits per heavy atom. The maximum Gasteiger partial charge on any atom is 0.0604 e. The summed E-state index contributed by atoms with van der Waals surface area (Å²) in [4.78, 5) is 0. The molecule has 0 unspecified atom stereocenters. The van der Waals surface area contributed by atoms with E-state index in [9.17, 15) is 0 Å². The second kappa shape index (κ2) is 1.72. The molecule has 2 aliphatic carbocycles. The van der Waals surface area contributed by atoms with Gasteiger partial charge < -0.3 is 5.21 Å². The zero-order chi connectivity index (χ0) is 6.27. The highest BCUT2D eigenvalue weighted by atomic mass is 16.4. The molecule has 2 heteroatoms. The first kappa shape index (κ1) is 5.27. The minimum absolute atomic E-state index is 0.653. The maximum atomic E-state index is 8.48. The molecule has 0 aromatic carbocycles. The van der Waals surface area contributed by atoms with E-state index in [2.05, 4.69) is 5.16 Å². The SMILES string of the molecule is O/N=C1\C[C@@H]2CC[C@H]1C2. The number of hydrogen-bond donors (Lipinski definition) is 1. The highest BCUT2D eigenvalue weighted by molar-refractivity contribution is 5.89. The highest BCUT2D eigenvalue weighted by Gasteiger charge is 2.36. The van der Waals surface area contributed by atoms with Gasteiger partial charge >= 0.3 is 0 Å². The number of fused-ring (bicyclic) bond motifs is 2. The molecule has 0 aromatic heterocycles. The summed E-state index contributed by atoms with van der Waals surface area (Å²) in [5.74, 6) is 1.51. The predicted octanol–water partition coefficient (Wildman–Crippen LogP) is 1.64. The first-order chi connectivity index (χ1) is 4.40. The van der Waals surface area contributed by atoms with Gasteiger partial charge in [-0.25, -0.2) is 0 Å². The summed E-state index contributed by atoms with van der Waals surface area (Å²) >= 11 is 0. The van der Waals surface area contributed by atoms with Gasteiger partial charge in [0, 0.05) is 5.92 Å². The molecule has 2 bridgehead atoms. The molecule has 0 aliphatic heterocycles. The molecule has 2 rings (SSSR count). The second-order valence-corrected chi connectivity index (χ2v) is 3.17. The maximum absolute atomic E-state index is 8.48. The van der Waals surface area contributed by atoms with Crippen LogP contribution in [-0.2, 0) is 0 Å². The predicted molar refractivity (Wildman–Crippen MR) is 34.7 cm³/mol. The lowest BCUT2D eigenvalue weighted by atomic mass is 9.99. The van der Waals surface area contributed by atoms with Gasteiger partial charge in [-0.15, -0.1) is 0 Å². The van der Waals surface area contributed by atoms with Gasteiger partial charge in [0.2, 0.25) is 0 Å². The van der Waals surface area contributed by atoms with Gasteiger partial charge in [-0.05, 0) is 31.6 Å². The summed E-state index contributed by atoms with van der Waals surface area (Å²) in [6.45, 7) is 0. The van der Waals surface area contributed by atoms with Crippen LogP contribution in [0.2, 0.25) is 0 Å². The van der Waals surface area contributed by atoms with Crippen LogP contribution in [0, 0.1) is 11.8 Å². The van der Waals surface area contributed by atoms with E-state index >= 15 is 0 Å². The number of nitrogens with zero attached hydrogens (tertiary/aromatic N) is 1. The van der Waals surface area contributed by atoms with E-state index in [0.29, 0.717) is 5.92 Å². The summed E-state index contributed by atoms with van der Waals surface area (Å²) in [6.07, 6.45) is 4.99. The smallest absolute Gasteiger partial charge is 0.0604 e. The molecule has 0 heterocycles. The third-order valence-corrected chi connectivity index (χ3v) is 2.64. The van der Waals surface area contributed by atoms with Crippen LogP contribution in [0.15, 0.2) is 5.16 Å². The average molecular weight is 125 g/mol. The van der Waals surface area contributed by atoms with Crippen LogP contribution < -0.4 is 0 Å². The van der Waals surface area contributed by atoms with Gasteiger partial charge in [-0.2, -0.15) is 0 Å². The van der Waals surface area contributed by atoms with E-state index < -0.39 is 0 Å². The Morgan fingerprint density at radius 3 is 2.67 bits per heavy atom. The average Bonchev–Trinajstić information content (AvgIpc) is 2.45. The summed E-state index contributed by atoms with van der Waals surface area (Å²) in [5.41, 5.74) is 1.06. The Morgan fingerprint density at radius 2 is 2.33 bits per heavy atom. The zero-order valence-electron chi connectivity index (χ0n) is 5.38. The summed E-state index contributed by atoms with van der Waals surface area (Å²) < 4.78 is 0. The van der Waals surface area contributed by atoms with Crippen molar-refractivity contribution < 1.29 is 5.21 Å². The lowest BCUT2D eigenvalue weighted by Crippen LogP contribution is -2.08. The van der Waals surface area contributed by atoms with Crippen molar-refractivity contribution in [2.45, 2.75) is 25.7 Å². The normalized spacial score (nSPS) is 44.7. The van der Waals surface area contributed by atoms with E-state index in [1.807, 2.05) is 0 Å². The second-order valence-electron chi connectivity index (χ2n) is 3.17. The Balaban J connectivity index is 2.18. The first-order valence-electron chi connectivity index (χ1n) is 3.61. The fourth-order valence-corrected chi connectivity index (χ4v) is 2.15. The standard InChI is InChI=1S/C7H11NO/c9-8-7-4-5-1-2-6(7)3-5/h5-6,9H,1-4H2/b8-7+/t5-,6+/m1/s1. The number of oxime groups is 1. The molecule has 2 atom stereocenters.